The average Bonchev–Trinajstić information content (AvgIpc) is 2.26. The molecule has 0 aliphatic rings. The number of hydrogen-bond donors (Lipinski definition) is 1. The SMILES string of the molecule is C=C/C=C(\C=C)c1cnccc1C(=O)O. The van der Waals surface area contributed by atoms with Crippen LogP contribution in [0.3, 0.4) is 0 Å². The van der Waals surface area contributed by atoms with Crippen molar-refractivity contribution in [2.45, 2.75) is 0 Å². The maximum absolute atomic E-state index is 10.9. The van der Waals surface area contributed by atoms with E-state index < -0.39 is 5.97 Å². The fraction of sp³-hybridized carbons (Fsp3) is 0. The lowest BCUT2D eigenvalue weighted by molar-refractivity contribution is 0.0696. The standard InChI is InChI=1S/C12H11NO2/c1-3-5-9(4-2)11-8-13-7-6-10(11)12(14)15/h3-8H,1-2H2,(H,14,15)/b9-5+. The minimum Gasteiger partial charge on any atom is -0.478 e. The number of carboxylic acid groups (broad SMARTS) is 1. The largest absolute Gasteiger partial charge is 0.478 e. The predicted molar refractivity (Wildman–Crippen MR) is 59.6 cm³/mol. The molecular formula is C12H11NO2. The van der Waals surface area contributed by atoms with Crippen LogP contribution in [0.4, 0.5) is 0 Å². The molecule has 0 amide bonds. The molecule has 0 aliphatic carbocycles. The van der Waals surface area contributed by atoms with Crippen molar-refractivity contribution in [1.29, 1.82) is 0 Å². The molecule has 1 aromatic rings. The summed E-state index contributed by atoms with van der Waals surface area (Å²) in [5, 5.41) is 8.96. The van der Waals surface area contributed by atoms with Gasteiger partial charge in [0.05, 0.1) is 5.56 Å². The van der Waals surface area contributed by atoms with Gasteiger partial charge in [0.2, 0.25) is 0 Å². The number of aromatic carboxylic acids is 1. The first-order valence-electron chi connectivity index (χ1n) is 4.33. The predicted octanol–water partition coefficient (Wildman–Crippen LogP) is 2.54. The summed E-state index contributed by atoms with van der Waals surface area (Å²) in [5.41, 5.74) is 1.44. The Bertz CT molecular complexity index is 433. The van der Waals surface area contributed by atoms with E-state index in [1.807, 2.05) is 0 Å². The van der Waals surface area contributed by atoms with E-state index in [0.717, 1.165) is 0 Å². The van der Waals surface area contributed by atoms with Crippen LogP contribution in [0.2, 0.25) is 0 Å². The van der Waals surface area contributed by atoms with E-state index in [1.54, 1.807) is 18.2 Å². The Morgan fingerprint density at radius 3 is 2.67 bits per heavy atom. The number of hydrogen-bond acceptors (Lipinski definition) is 2. The van der Waals surface area contributed by atoms with E-state index in [-0.39, 0.29) is 5.56 Å². The van der Waals surface area contributed by atoms with Crippen molar-refractivity contribution in [1.82, 2.24) is 4.98 Å². The first kappa shape index (κ1) is 10.9. The second kappa shape index (κ2) is 4.91. The summed E-state index contributed by atoms with van der Waals surface area (Å²) < 4.78 is 0. The second-order valence-corrected chi connectivity index (χ2v) is 2.79. The third-order valence-corrected chi connectivity index (χ3v) is 1.88. The van der Waals surface area contributed by atoms with Crippen LogP contribution >= 0.6 is 0 Å². The summed E-state index contributed by atoms with van der Waals surface area (Å²) in [5.74, 6) is -0.982. The number of nitrogens with zero attached hydrogens (tertiary/aromatic N) is 1. The normalized spacial score (nSPS) is 10.8. The molecule has 3 heteroatoms. The summed E-state index contributed by atoms with van der Waals surface area (Å²) in [4.78, 5) is 14.8. The summed E-state index contributed by atoms with van der Waals surface area (Å²) in [7, 11) is 0. The van der Waals surface area contributed by atoms with Gasteiger partial charge in [0.1, 0.15) is 0 Å². The van der Waals surface area contributed by atoms with E-state index in [0.29, 0.717) is 11.1 Å². The molecular weight excluding hydrogens is 190 g/mol. The molecule has 1 aromatic heterocycles. The van der Waals surface area contributed by atoms with Crippen LogP contribution in [-0.4, -0.2) is 16.1 Å². The molecule has 76 valence electrons. The highest BCUT2D eigenvalue weighted by Crippen LogP contribution is 2.19. The average molecular weight is 201 g/mol. The molecule has 0 bridgehead atoms. The highest BCUT2D eigenvalue weighted by molar-refractivity contribution is 5.95. The third-order valence-electron chi connectivity index (χ3n) is 1.88. The van der Waals surface area contributed by atoms with Crippen molar-refractivity contribution >= 4 is 11.5 Å². The van der Waals surface area contributed by atoms with Gasteiger partial charge < -0.3 is 5.11 Å². The van der Waals surface area contributed by atoms with Crippen molar-refractivity contribution < 1.29 is 9.90 Å². The second-order valence-electron chi connectivity index (χ2n) is 2.79. The van der Waals surface area contributed by atoms with Crippen molar-refractivity contribution in [3.63, 3.8) is 0 Å². The number of carboxylic acids is 1. The van der Waals surface area contributed by atoms with Gasteiger partial charge in [-0.15, -0.1) is 0 Å². The smallest absolute Gasteiger partial charge is 0.336 e. The Morgan fingerprint density at radius 2 is 2.13 bits per heavy atom. The van der Waals surface area contributed by atoms with Crippen LogP contribution in [0.5, 0.6) is 0 Å². The van der Waals surface area contributed by atoms with Gasteiger partial charge in [-0.25, -0.2) is 4.79 Å². The molecule has 0 saturated carbocycles. The van der Waals surface area contributed by atoms with Gasteiger partial charge in [-0.1, -0.05) is 31.4 Å². The van der Waals surface area contributed by atoms with E-state index in [1.165, 1.54) is 18.5 Å². The van der Waals surface area contributed by atoms with Crippen molar-refractivity contribution in [3.8, 4) is 0 Å². The van der Waals surface area contributed by atoms with Crippen LogP contribution < -0.4 is 0 Å². The molecule has 0 aromatic carbocycles. The summed E-state index contributed by atoms with van der Waals surface area (Å²) in [6.07, 6.45) is 7.79. The zero-order valence-electron chi connectivity index (χ0n) is 8.18. The highest BCUT2D eigenvalue weighted by atomic mass is 16.4. The number of aromatic nitrogens is 1. The Balaban J connectivity index is 3.35. The maximum atomic E-state index is 10.9. The molecule has 0 saturated heterocycles. The number of carbonyl (C=O) groups is 1. The summed E-state index contributed by atoms with van der Waals surface area (Å²) in [6.45, 7) is 7.18. The minimum absolute atomic E-state index is 0.206. The number of allylic oxidation sites excluding steroid dienone is 4. The maximum Gasteiger partial charge on any atom is 0.336 e. The molecule has 0 unspecified atom stereocenters. The van der Waals surface area contributed by atoms with Gasteiger partial charge in [-0.2, -0.15) is 0 Å². The first-order valence-corrected chi connectivity index (χ1v) is 4.33. The molecule has 1 rings (SSSR count). The van der Waals surface area contributed by atoms with Crippen LogP contribution in [0.1, 0.15) is 15.9 Å². The van der Waals surface area contributed by atoms with Gasteiger partial charge in [-0.05, 0) is 11.6 Å². The van der Waals surface area contributed by atoms with Crippen molar-refractivity contribution in [3.05, 3.63) is 61.0 Å². The number of pyridine rings is 1. The monoisotopic (exact) mass is 201 g/mol. The quantitative estimate of drug-likeness (QED) is 0.761. The summed E-state index contributed by atoms with van der Waals surface area (Å²) >= 11 is 0. The Labute approximate surface area is 88.1 Å². The fourth-order valence-electron chi connectivity index (χ4n) is 1.21. The van der Waals surface area contributed by atoms with Crippen LogP contribution in [0.25, 0.3) is 5.57 Å². The lowest BCUT2D eigenvalue weighted by Crippen LogP contribution is -2.01. The van der Waals surface area contributed by atoms with E-state index in [2.05, 4.69) is 18.1 Å². The highest BCUT2D eigenvalue weighted by Gasteiger charge is 2.10. The van der Waals surface area contributed by atoms with E-state index >= 15 is 0 Å². The fourth-order valence-corrected chi connectivity index (χ4v) is 1.21. The van der Waals surface area contributed by atoms with Crippen LogP contribution in [0.15, 0.2) is 49.8 Å². The molecule has 3 nitrogen and oxygen atoms in total. The topological polar surface area (TPSA) is 50.2 Å². The van der Waals surface area contributed by atoms with Crippen LogP contribution in [0, 0.1) is 0 Å². The zero-order chi connectivity index (χ0) is 11.3. The molecule has 0 aliphatic heterocycles. The first-order chi connectivity index (χ1) is 7.20. The van der Waals surface area contributed by atoms with Gasteiger partial charge in [-0.3, -0.25) is 4.98 Å². The molecule has 0 radical (unpaired) electrons. The molecule has 1 N–H and O–H groups in total. The van der Waals surface area contributed by atoms with Gasteiger partial charge in [0.15, 0.2) is 0 Å². The number of rotatable bonds is 4. The molecule has 15 heavy (non-hydrogen) atoms. The third kappa shape index (κ3) is 2.40. The lowest BCUT2D eigenvalue weighted by atomic mass is 10.0. The van der Waals surface area contributed by atoms with Gasteiger partial charge in [0, 0.05) is 18.0 Å². The minimum atomic E-state index is -0.982. The van der Waals surface area contributed by atoms with Gasteiger partial charge in [0.25, 0.3) is 0 Å². The Morgan fingerprint density at radius 1 is 1.40 bits per heavy atom. The van der Waals surface area contributed by atoms with E-state index in [9.17, 15) is 4.79 Å². The Hall–Kier alpha value is -2.16. The molecule has 1 heterocycles. The molecule has 0 fully saturated rings. The lowest BCUT2D eigenvalue weighted by Gasteiger charge is -2.04. The van der Waals surface area contributed by atoms with E-state index in [4.69, 9.17) is 5.11 Å². The van der Waals surface area contributed by atoms with Crippen molar-refractivity contribution in [2.75, 3.05) is 0 Å². The van der Waals surface area contributed by atoms with Crippen LogP contribution in [-0.2, 0) is 0 Å². The Kier molecular flexibility index (Phi) is 3.57. The van der Waals surface area contributed by atoms with Gasteiger partial charge >= 0.3 is 5.97 Å². The molecule has 0 atom stereocenters. The zero-order valence-corrected chi connectivity index (χ0v) is 8.18. The summed E-state index contributed by atoms with van der Waals surface area (Å²) in [6, 6.07) is 1.46. The molecule has 0 spiro atoms. The van der Waals surface area contributed by atoms with Crippen molar-refractivity contribution in [2.24, 2.45) is 0 Å².